The van der Waals surface area contributed by atoms with E-state index in [1.807, 2.05) is 53.9 Å². The van der Waals surface area contributed by atoms with Crippen LogP contribution < -0.4 is 10.1 Å². The Hall–Kier alpha value is -2.82. The van der Waals surface area contributed by atoms with Crippen LogP contribution >= 0.6 is 0 Å². The molecule has 0 radical (unpaired) electrons. The summed E-state index contributed by atoms with van der Waals surface area (Å²) in [5, 5.41) is 2.94. The fourth-order valence-corrected chi connectivity index (χ4v) is 2.78. The molecule has 0 atom stereocenters. The van der Waals surface area contributed by atoms with Gasteiger partial charge in [-0.05, 0) is 43.2 Å². The van der Waals surface area contributed by atoms with E-state index in [0.717, 1.165) is 29.7 Å². The summed E-state index contributed by atoms with van der Waals surface area (Å²) < 4.78 is 7.16. The molecule has 0 spiro atoms. The Kier molecular flexibility index (Phi) is 4.51. The number of carbonyl (C=O) groups excluding carboxylic acids is 1. The first kappa shape index (κ1) is 16.1. The second kappa shape index (κ2) is 6.74. The Labute approximate surface area is 141 Å². The number of amides is 1. The predicted molar refractivity (Wildman–Crippen MR) is 94.9 cm³/mol. The van der Waals surface area contributed by atoms with Crippen LogP contribution in [0.5, 0.6) is 5.75 Å². The number of nitrogens with zero attached hydrogens (tertiary/aromatic N) is 2. The summed E-state index contributed by atoms with van der Waals surface area (Å²) in [5.74, 6) is 0.451. The molecule has 1 N–H and O–H groups in total. The zero-order valence-corrected chi connectivity index (χ0v) is 14.2. The fourth-order valence-electron chi connectivity index (χ4n) is 2.78. The summed E-state index contributed by atoms with van der Waals surface area (Å²) in [7, 11) is 1.59. The highest BCUT2D eigenvalue weighted by Gasteiger charge is 2.19. The van der Waals surface area contributed by atoms with Crippen LogP contribution in [0, 0.1) is 6.92 Å². The van der Waals surface area contributed by atoms with E-state index < -0.39 is 0 Å². The van der Waals surface area contributed by atoms with E-state index >= 15 is 0 Å². The lowest BCUT2D eigenvalue weighted by molar-refractivity contribution is 0.102. The van der Waals surface area contributed by atoms with Crippen molar-refractivity contribution < 1.29 is 9.53 Å². The van der Waals surface area contributed by atoms with Crippen molar-refractivity contribution in [2.45, 2.75) is 26.7 Å². The molecule has 124 valence electrons. The summed E-state index contributed by atoms with van der Waals surface area (Å²) in [5.41, 5.74) is 3.96. The number of anilines is 1. The highest BCUT2D eigenvalue weighted by molar-refractivity contribution is 6.05. The van der Waals surface area contributed by atoms with Crippen LogP contribution in [0.25, 0.3) is 5.65 Å². The maximum absolute atomic E-state index is 12.9. The average Bonchev–Trinajstić information content (AvgIpc) is 2.92. The van der Waals surface area contributed by atoms with E-state index in [-0.39, 0.29) is 5.91 Å². The molecule has 1 aromatic carbocycles. The van der Waals surface area contributed by atoms with Crippen molar-refractivity contribution in [2.24, 2.45) is 0 Å². The third kappa shape index (κ3) is 2.97. The fraction of sp³-hybridized carbons (Fsp3) is 0.263. The van der Waals surface area contributed by atoms with Crippen molar-refractivity contribution in [3.8, 4) is 5.75 Å². The van der Waals surface area contributed by atoms with Gasteiger partial charge >= 0.3 is 0 Å². The maximum atomic E-state index is 12.9. The summed E-state index contributed by atoms with van der Waals surface area (Å²) in [4.78, 5) is 17.5. The zero-order chi connectivity index (χ0) is 17.1. The van der Waals surface area contributed by atoms with Gasteiger partial charge in [0.05, 0.1) is 18.5 Å². The Morgan fingerprint density at radius 3 is 2.83 bits per heavy atom. The van der Waals surface area contributed by atoms with Crippen molar-refractivity contribution in [3.63, 3.8) is 0 Å². The summed E-state index contributed by atoms with van der Waals surface area (Å²) in [6.07, 6.45) is 3.58. The van der Waals surface area contributed by atoms with Crippen LogP contribution in [0.2, 0.25) is 0 Å². The number of fused-ring (bicyclic) bond motifs is 1. The van der Waals surface area contributed by atoms with Gasteiger partial charge < -0.3 is 10.1 Å². The topological polar surface area (TPSA) is 55.6 Å². The number of ether oxygens (including phenoxy) is 1. The van der Waals surface area contributed by atoms with E-state index in [9.17, 15) is 4.79 Å². The number of para-hydroxylation sites is 2. The molecular formula is C19H21N3O2. The van der Waals surface area contributed by atoms with Gasteiger partial charge in [0.2, 0.25) is 0 Å². The molecule has 2 heterocycles. The van der Waals surface area contributed by atoms with E-state index in [4.69, 9.17) is 4.74 Å². The highest BCUT2D eigenvalue weighted by Crippen LogP contribution is 2.25. The molecule has 0 aliphatic rings. The number of aryl methyl sites for hydroxylation is 2. The van der Waals surface area contributed by atoms with Gasteiger partial charge in [-0.15, -0.1) is 0 Å². The molecule has 0 saturated heterocycles. The van der Waals surface area contributed by atoms with Crippen LogP contribution in [-0.2, 0) is 6.42 Å². The SMILES string of the molecule is CCCc1nc2cc(C)ccn2c1C(=O)Nc1ccccc1OC. The molecule has 0 aliphatic carbocycles. The molecule has 3 rings (SSSR count). The molecule has 24 heavy (non-hydrogen) atoms. The lowest BCUT2D eigenvalue weighted by atomic mass is 10.2. The summed E-state index contributed by atoms with van der Waals surface area (Å²) in [6.45, 7) is 4.10. The van der Waals surface area contributed by atoms with Crippen molar-refractivity contribution >= 4 is 17.2 Å². The average molecular weight is 323 g/mol. The highest BCUT2D eigenvalue weighted by atomic mass is 16.5. The van der Waals surface area contributed by atoms with Gasteiger partial charge in [-0.1, -0.05) is 25.5 Å². The Morgan fingerprint density at radius 1 is 1.29 bits per heavy atom. The monoisotopic (exact) mass is 323 g/mol. The van der Waals surface area contributed by atoms with E-state index in [2.05, 4.69) is 17.2 Å². The van der Waals surface area contributed by atoms with Crippen molar-refractivity contribution in [3.05, 3.63) is 59.5 Å². The minimum Gasteiger partial charge on any atom is -0.495 e. The lowest BCUT2D eigenvalue weighted by Gasteiger charge is -2.10. The third-order valence-electron chi connectivity index (χ3n) is 3.91. The van der Waals surface area contributed by atoms with E-state index in [1.165, 1.54) is 0 Å². The Balaban J connectivity index is 2.03. The van der Waals surface area contributed by atoms with Gasteiger partial charge in [-0.25, -0.2) is 4.98 Å². The maximum Gasteiger partial charge on any atom is 0.274 e. The molecule has 5 heteroatoms. The first-order chi connectivity index (χ1) is 11.6. The Bertz CT molecular complexity index is 883. The predicted octanol–water partition coefficient (Wildman–Crippen LogP) is 3.86. The normalized spacial score (nSPS) is 10.8. The van der Waals surface area contributed by atoms with Crippen LogP contribution in [0.4, 0.5) is 5.69 Å². The lowest BCUT2D eigenvalue weighted by Crippen LogP contribution is -2.17. The second-order valence-corrected chi connectivity index (χ2v) is 5.74. The van der Waals surface area contributed by atoms with Crippen LogP contribution in [-0.4, -0.2) is 22.4 Å². The summed E-state index contributed by atoms with van der Waals surface area (Å²) >= 11 is 0. The Morgan fingerprint density at radius 2 is 2.08 bits per heavy atom. The molecule has 0 fully saturated rings. The molecule has 0 aliphatic heterocycles. The molecule has 0 unspecified atom stereocenters. The van der Waals surface area contributed by atoms with Crippen LogP contribution in [0.15, 0.2) is 42.6 Å². The minimum atomic E-state index is -0.181. The molecule has 3 aromatic rings. The van der Waals surface area contributed by atoms with Crippen LogP contribution in [0.3, 0.4) is 0 Å². The number of methoxy groups -OCH3 is 1. The molecule has 0 bridgehead atoms. The first-order valence-corrected chi connectivity index (χ1v) is 8.06. The van der Waals surface area contributed by atoms with E-state index in [1.54, 1.807) is 7.11 Å². The quantitative estimate of drug-likeness (QED) is 0.776. The number of nitrogens with one attached hydrogen (secondary N) is 1. The van der Waals surface area contributed by atoms with Gasteiger partial charge in [0.25, 0.3) is 5.91 Å². The molecule has 0 saturated carbocycles. The number of benzene rings is 1. The number of carbonyl (C=O) groups is 1. The van der Waals surface area contributed by atoms with Gasteiger partial charge in [0.1, 0.15) is 17.1 Å². The van der Waals surface area contributed by atoms with E-state index in [0.29, 0.717) is 17.1 Å². The standard InChI is InChI=1S/C19H21N3O2/c1-4-7-15-18(22-11-10-13(2)12-17(22)20-15)19(23)21-14-8-5-6-9-16(14)24-3/h5-6,8-12H,4,7H2,1-3H3,(H,21,23). The number of rotatable bonds is 5. The van der Waals surface area contributed by atoms with Crippen molar-refractivity contribution in [1.29, 1.82) is 0 Å². The molecular weight excluding hydrogens is 302 g/mol. The minimum absolute atomic E-state index is 0.181. The third-order valence-corrected chi connectivity index (χ3v) is 3.91. The zero-order valence-electron chi connectivity index (χ0n) is 14.2. The number of hydrogen-bond donors (Lipinski definition) is 1. The van der Waals surface area contributed by atoms with Crippen molar-refractivity contribution in [2.75, 3.05) is 12.4 Å². The van der Waals surface area contributed by atoms with Crippen molar-refractivity contribution in [1.82, 2.24) is 9.38 Å². The largest absolute Gasteiger partial charge is 0.495 e. The number of hydrogen-bond acceptors (Lipinski definition) is 3. The first-order valence-electron chi connectivity index (χ1n) is 8.06. The molecule has 2 aromatic heterocycles. The van der Waals surface area contributed by atoms with Gasteiger partial charge in [0, 0.05) is 6.20 Å². The number of imidazole rings is 1. The summed E-state index contributed by atoms with van der Waals surface area (Å²) in [6, 6.07) is 11.3. The van der Waals surface area contributed by atoms with Gasteiger partial charge in [0.15, 0.2) is 0 Å². The van der Waals surface area contributed by atoms with Crippen LogP contribution in [0.1, 0.15) is 35.1 Å². The van der Waals surface area contributed by atoms with Gasteiger partial charge in [-0.2, -0.15) is 0 Å². The number of aromatic nitrogens is 2. The number of pyridine rings is 1. The smallest absolute Gasteiger partial charge is 0.274 e. The second-order valence-electron chi connectivity index (χ2n) is 5.74. The van der Waals surface area contributed by atoms with Gasteiger partial charge in [-0.3, -0.25) is 9.20 Å². The molecule has 5 nitrogen and oxygen atoms in total. The molecule has 1 amide bonds.